The Bertz CT molecular complexity index is 1360. The van der Waals surface area contributed by atoms with E-state index >= 15 is 0 Å². The van der Waals surface area contributed by atoms with Crippen molar-refractivity contribution in [3.05, 3.63) is 60.2 Å². The fourth-order valence-corrected chi connectivity index (χ4v) is 6.25. The summed E-state index contributed by atoms with van der Waals surface area (Å²) >= 11 is 1.55. The van der Waals surface area contributed by atoms with Crippen LogP contribution in [-0.4, -0.2) is 41.9 Å². The van der Waals surface area contributed by atoms with E-state index in [2.05, 4.69) is 15.5 Å². The van der Waals surface area contributed by atoms with Gasteiger partial charge in [-0.3, -0.25) is 4.79 Å². The molecule has 1 fully saturated rings. The van der Waals surface area contributed by atoms with Gasteiger partial charge in [-0.1, -0.05) is 17.3 Å². The molecule has 4 aromatic rings. The minimum Gasteiger partial charge on any atom is -0.356 e. The first kappa shape index (κ1) is 20.8. The summed E-state index contributed by atoms with van der Waals surface area (Å²) in [7, 11) is -3.74. The minimum atomic E-state index is -3.74. The van der Waals surface area contributed by atoms with Gasteiger partial charge in [-0.15, -0.1) is 11.3 Å². The van der Waals surface area contributed by atoms with Gasteiger partial charge in [-0.2, -0.15) is 4.31 Å². The number of fused-ring (bicyclic) bond motifs is 1. The minimum absolute atomic E-state index is 0.0984. The number of carbonyl (C=O) groups is 1. The molecule has 8 nitrogen and oxygen atoms in total. The van der Waals surface area contributed by atoms with Crippen LogP contribution in [0.25, 0.3) is 21.5 Å². The Balaban J connectivity index is 1.27. The van der Waals surface area contributed by atoms with Crippen LogP contribution in [0.1, 0.15) is 12.8 Å². The molecule has 1 N–H and O–H groups in total. The van der Waals surface area contributed by atoms with Crippen LogP contribution in [0.5, 0.6) is 0 Å². The molecule has 0 radical (unpaired) electrons. The van der Waals surface area contributed by atoms with E-state index in [1.165, 1.54) is 10.5 Å². The number of rotatable bonds is 5. The van der Waals surface area contributed by atoms with Gasteiger partial charge in [-0.05, 0) is 43.2 Å². The predicted molar refractivity (Wildman–Crippen MR) is 122 cm³/mol. The summed E-state index contributed by atoms with van der Waals surface area (Å²) in [6.45, 7) is 0.548. The average molecular weight is 469 g/mol. The third-order valence-corrected chi connectivity index (χ3v) is 8.40. The smallest absolute Gasteiger partial charge is 0.243 e. The fourth-order valence-electron chi connectivity index (χ4n) is 3.93. The van der Waals surface area contributed by atoms with E-state index in [1.807, 2.05) is 18.2 Å². The SMILES string of the molecule is O=C(Nc1ccc2scnc2c1)C1CCN(S(=O)(=O)c2ccccc2-c2ccno2)CC1. The molecular weight excluding hydrogens is 448 g/mol. The summed E-state index contributed by atoms with van der Waals surface area (Å²) in [4.78, 5) is 17.2. The zero-order valence-corrected chi connectivity index (χ0v) is 18.6. The van der Waals surface area contributed by atoms with E-state index in [0.717, 1.165) is 10.2 Å². The Morgan fingerprint density at radius 1 is 1.12 bits per heavy atom. The largest absolute Gasteiger partial charge is 0.356 e. The van der Waals surface area contributed by atoms with Gasteiger partial charge < -0.3 is 9.84 Å². The van der Waals surface area contributed by atoms with Crippen LogP contribution in [0.4, 0.5) is 5.69 Å². The number of thiazole rings is 1. The number of piperidine rings is 1. The first-order valence-electron chi connectivity index (χ1n) is 10.2. The van der Waals surface area contributed by atoms with E-state index < -0.39 is 10.0 Å². The van der Waals surface area contributed by atoms with Crippen LogP contribution in [0.15, 0.2) is 69.7 Å². The second-order valence-corrected chi connectivity index (χ2v) is 10.4. The van der Waals surface area contributed by atoms with Crippen LogP contribution in [0, 0.1) is 5.92 Å². The molecule has 32 heavy (non-hydrogen) atoms. The van der Waals surface area contributed by atoms with Crippen molar-refractivity contribution in [1.82, 2.24) is 14.4 Å². The topological polar surface area (TPSA) is 105 Å². The normalized spacial score (nSPS) is 15.8. The maximum Gasteiger partial charge on any atom is 0.243 e. The number of hydrogen-bond donors (Lipinski definition) is 1. The van der Waals surface area contributed by atoms with Gasteiger partial charge in [0.15, 0.2) is 5.76 Å². The molecule has 10 heteroatoms. The van der Waals surface area contributed by atoms with E-state index in [0.29, 0.717) is 29.9 Å². The van der Waals surface area contributed by atoms with Crippen LogP contribution in [0.2, 0.25) is 0 Å². The van der Waals surface area contributed by atoms with Crippen molar-refractivity contribution in [2.24, 2.45) is 5.92 Å². The van der Waals surface area contributed by atoms with Crippen molar-refractivity contribution >= 4 is 43.2 Å². The molecule has 0 aliphatic carbocycles. The lowest BCUT2D eigenvalue weighted by molar-refractivity contribution is -0.120. The average Bonchev–Trinajstić information content (AvgIpc) is 3.51. The highest BCUT2D eigenvalue weighted by Gasteiger charge is 2.33. The summed E-state index contributed by atoms with van der Waals surface area (Å²) in [5, 5.41) is 6.63. The number of hydrogen-bond acceptors (Lipinski definition) is 7. The lowest BCUT2D eigenvalue weighted by Crippen LogP contribution is -2.41. The third-order valence-electron chi connectivity index (χ3n) is 5.63. The van der Waals surface area contributed by atoms with E-state index in [9.17, 15) is 13.2 Å². The lowest BCUT2D eigenvalue weighted by Gasteiger charge is -2.31. The highest BCUT2D eigenvalue weighted by Crippen LogP contribution is 2.31. The second kappa shape index (κ2) is 8.45. The molecule has 5 rings (SSSR count). The maximum atomic E-state index is 13.3. The summed E-state index contributed by atoms with van der Waals surface area (Å²) < 4.78 is 34.3. The quantitative estimate of drug-likeness (QED) is 0.475. The molecule has 1 saturated heterocycles. The number of anilines is 1. The number of aromatic nitrogens is 2. The van der Waals surface area contributed by atoms with Gasteiger partial charge in [0.05, 0.1) is 26.8 Å². The monoisotopic (exact) mass is 468 g/mol. The Morgan fingerprint density at radius 2 is 1.94 bits per heavy atom. The summed E-state index contributed by atoms with van der Waals surface area (Å²) in [6.07, 6.45) is 2.39. The highest BCUT2D eigenvalue weighted by molar-refractivity contribution is 7.89. The Morgan fingerprint density at radius 3 is 2.72 bits per heavy atom. The van der Waals surface area contributed by atoms with Crippen molar-refractivity contribution in [1.29, 1.82) is 0 Å². The second-order valence-electron chi connectivity index (χ2n) is 7.58. The van der Waals surface area contributed by atoms with Crippen molar-refractivity contribution in [2.45, 2.75) is 17.7 Å². The fraction of sp³-hybridized carbons (Fsp3) is 0.227. The predicted octanol–water partition coefficient (Wildman–Crippen LogP) is 3.99. The van der Waals surface area contributed by atoms with Crippen molar-refractivity contribution in [2.75, 3.05) is 18.4 Å². The van der Waals surface area contributed by atoms with Gasteiger partial charge in [0.1, 0.15) is 0 Å². The molecule has 2 aromatic carbocycles. The van der Waals surface area contributed by atoms with Gasteiger partial charge in [0, 0.05) is 36.3 Å². The Kier molecular flexibility index (Phi) is 5.50. The molecule has 0 unspecified atom stereocenters. The molecule has 2 aromatic heterocycles. The summed E-state index contributed by atoms with van der Waals surface area (Å²) in [5.41, 5.74) is 3.79. The molecule has 3 heterocycles. The number of nitrogens with one attached hydrogen (secondary N) is 1. The molecule has 164 valence electrons. The van der Waals surface area contributed by atoms with Crippen LogP contribution in [-0.2, 0) is 14.8 Å². The Labute approximate surface area is 188 Å². The van der Waals surface area contributed by atoms with E-state index in [4.69, 9.17) is 4.52 Å². The molecule has 0 saturated carbocycles. The number of amides is 1. The highest BCUT2D eigenvalue weighted by atomic mass is 32.2. The number of sulfonamides is 1. The Hall–Kier alpha value is -3.08. The standard InChI is InChI=1S/C22H20N4O4S2/c27-22(25-16-5-6-20-18(13-16)23-14-31-20)15-8-11-26(12-9-15)32(28,29)21-4-2-1-3-17(21)19-7-10-24-30-19/h1-7,10,13-15H,8-9,11-12H2,(H,25,27). The molecule has 0 atom stereocenters. The maximum absolute atomic E-state index is 13.3. The summed E-state index contributed by atoms with van der Waals surface area (Å²) in [6, 6.07) is 14.0. The first-order valence-corrected chi connectivity index (χ1v) is 12.5. The first-order chi connectivity index (χ1) is 15.5. The third kappa shape index (κ3) is 3.92. The number of carbonyl (C=O) groups excluding carboxylic acids is 1. The van der Waals surface area contributed by atoms with Gasteiger partial charge in [0.25, 0.3) is 0 Å². The van der Waals surface area contributed by atoms with Crippen LogP contribution in [0.3, 0.4) is 0 Å². The van der Waals surface area contributed by atoms with Gasteiger partial charge >= 0.3 is 0 Å². The van der Waals surface area contributed by atoms with E-state index in [-0.39, 0.29) is 29.8 Å². The lowest BCUT2D eigenvalue weighted by atomic mass is 9.97. The zero-order valence-electron chi connectivity index (χ0n) is 17.0. The number of benzene rings is 2. The summed E-state index contributed by atoms with van der Waals surface area (Å²) in [5.74, 6) is 0.0475. The molecule has 1 aliphatic heterocycles. The van der Waals surface area contributed by atoms with Crippen molar-refractivity contribution in [3.8, 4) is 11.3 Å². The van der Waals surface area contributed by atoms with E-state index in [1.54, 1.807) is 47.2 Å². The zero-order chi connectivity index (χ0) is 22.1. The molecule has 1 aliphatic rings. The molecule has 1 amide bonds. The molecule has 0 spiro atoms. The molecule has 0 bridgehead atoms. The van der Waals surface area contributed by atoms with Gasteiger partial charge in [0.2, 0.25) is 15.9 Å². The van der Waals surface area contributed by atoms with Crippen LogP contribution < -0.4 is 5.32 Å². The van der Waals surface area contributed by atoms with Crippen LogP contribution >= 0.6 is 11.3 Å². The van der Waals surface area contributed by atoms with Crippen molar-refractivity contribution < 1.29 is 17.7 Å². The number of nitrogens with zero attached hydrogens (tertiary/aromatic N) is 3. The van der Waals surface area contributed by atoms with Gasteiger partial charge in [-0.25, -0.2) is 13.4 Å². The van der Waals surface area contributed by atoms with Crippen molar-refractivity contribution in [3.63, 3.8) is 0 Å². The molecular formula is C22H20N4O4S2.